The molecule has 0 radical (unpaired) electrons. The summed E-state index contributed by atoms with van der Waals surface area (Å²) in [5, 5.41) is 8.94. The molecule has 8 nitrogen and oxygen atoms in total. The van der Waals surface area contributed by atoms with Gasteiger partial charge in [0.05, 0.1) is 19.0 Å². The second kappa shape index (κ2) is 7.30. The molecule has 1 aliphatic rings. The highest BCUT2D eigenvalue weighted by molar-refractivity contribution is 5.88. The summed E-state index contributed by atoms with van der Waals surface area (Å²) in [4.78, 5) is 30.1. The number of imidazole rings is 1. The molecule has 1 saturated heterocycles. The molecule has 1 fully saturated rings. The van der Waals surface area contributed by atoms with E-state index in [1.165, 1.54) is 6.20 Å². The molecule has 1 aliphatic heterocycles. The number of esters is 1. The van der Waals surface area contributed by atoms with Crippen LogP contribution in [0.2, 0.25) is 0 Å². The summed E-state index contributed by atoms with van der Waals surface area (Å²) in [6, 6.07) is 2.01. The van der Waals surface area contributed by atoms with Gasteiger partial charge in [0.15, 0.2) is 11.4 Å². The normalized spacial score (nSPS) is 15.0. The third kappa shape index (κ3) is 3.60. The van der Waals surface area contributed by atoms with Gasteiger partial charge in [0.25, 0.3) is 0 Å². The van der Waals surface area contributed by atoms with Crippen LogP contribution in [0.4, 0.5) is 5.82 Å². The zero-order valence-electron chi connectivity index (χ0n) is 14.3. The standard InChI is InChI=1S/C17H20N6O2/c1-3-25-17(24)15-11(2)20-16(22-15)12-4-6-23(7-5-12)14-10-19-9-13(8-18)21-14/h9-10,12H,3-7H2,1-2H3,(H,20,22). The minimum atomic E-state index is -0.386. The molecule has 0 spiro atoms. The lowest BCUT2D eigenvalue weighted by atomic mass is 9.96. The number of nitriles is 1. The molecule has 0 unspecified atom stereocenters. The number of carbonyl (C=O) groups excluding carboxylic acids is 1. The van der Waals surface area contributed by atoms with Gasteiger partial charge in [-0.2, -0.15) is 5.26 Å². The molecule has 0 aromatic carbocycles. The number of hydrogen-bond acceptors (Lipinski definition) is 7. The van der Waals surface area contributed by atoms with Crippen molar-refractivity contribution in [2.24, 2.45) is 0 Å². The number of carbonyl (C=O) groups is 1. The van der Waals surface area contributed by atoms with E-state index in [0.717, 1.165) is 43.3 Å². The highest BCUT2D eigenvalue weighted by atomic mass is 16.5. The van der Waals surface area contributed by atoms with Gasteiger partial charge in [-0.3, -0.25) is 4.98 Å². The van der Waals surface area contributed by atoms with Gasteiger partial charge in [-0.25, -0.2) is 14.8 Å². The van der Waals surface area contributed by atoms with Gasteiger partial charge >= 0.3 is 5.97 Å². The minimum Gasteiger partial charge on any atom is -0.461 e. The SMILES string of the molecule is CCOC(=O)c1nc(C2CCN(c3cncc(C#N)n3)CC2)[nH]c1C. The van der Waals surface area contributed by atoms with E-state index in [9.17, 15) is 4.79 Å². The average molecular weight is 340 g/mol. The van der Waals surface area contributed by atoms with Crippen LogP contribution in [0.25, 0.3) is 0 Å². The maximum absolute atomic E-state index is 11.9. The van der Waals surface area contributed by atoms with Crippen molar-refractivity contribution in [2.75, 3.05) is 24.6 Å². The van der Waals surface area contributed by atoms with Gasteiger partial charge in [-0.15, -0.1) is 0 Å². The van der Waals surface area contributed by atoms with E-state index in [4.69, 9.17) is 10.00 Å². The lowest BCUT2D eigenvalue weighted by molar-refractivity contribution is 0.0519. The van der Waals surface area contributed by atoms with Crippen LogP contribution in [0.3, 0.4) is 0 Å². The number of H-pyrrole nitrogens is 1. The molecular formula is C17H20N6O2. The third-order valence-corrected chi connectivity index (χ3v) is 4.31. The summed E-state index contributed by atoms with van der Waals surface area (Å²) < 4.78 is 5.03. The van der Waals surface area contributed by atoms with Crippen LogP contribution in [0, 0.1) is 18.3 Å². The Bertz CT molecular complexity index is 802. The summed E-state index contributed by atoms with van der Waals surface area (Å²) in [5.41, 5.74) is 1.43. The summed E-state index contributed by atoms with van der Waals surface area (Å²) in [6.07, 6.45) is 4.90. The molecule has 2 aromatic rings. The maximum atomic E-state index is 11.9. The lowest BCUT2D eigenvalue weighted by Crippen LogP contribution is -2.34. The number of rotatable bonds is 4. The zero-order valence-corrected chi connectivity index (χ0v) is 14.3. The lowest BCUT2D eigenvalue weighted by Gasteiger charge is -2.31. The number of anilines is 1. The van der Waals surface area contributed by atoms with Gasteiger partial charge in [-0.05, 0) is 26.7 Å². The summed E-state index contributed by atoms with van der Waals surface area (Å²) in [5.74, 6) is 1.42. The molecule has 130 valence electrons. The topological polar surface area (TPSA) is 108 Å². The van der Waals surface area contributed by atoms with Crippen molar-refractivity contribution in [3.05, 3.63) is 35.3 Å². The third-order valence-electron chi connectivity index (χ3n) is 4.31. The molecular weight excluding hydrogens is 320 g/mol. The van der Waals surface area contributed by atoms with Gasteiger partial charge in [0.1, 0.15) is 17.7 Å². The average Bonchev–Trinajstić information content (AvgIpc) is 3.04. The van der Waals surface area contributed by atoms with Crippen LogP contribution in [0.5, 0.6) is 0 Å². The van der Waals surface area contributed by atoms with Gasteiger partial charge in [0, 0.05) is 24.7 Å². The van der Waals surface area contributed by atoms with E-state index < -0.39 is 0 Å². The van der Waals surface area contributed by atoms with Crippen molar-refractivity contribution < 1.29 is 9.53 Å². The van der Waals surface area contributed by atoms with Gasteiger partial charge in [-0.1, -0.05) is 0 Å². The number of aryl methyl sites for hydroxylation is 1. The summed E-state index contributed by atoms with van der Waals surface area (Å²) in [7, 11) is 0. The quantitative estimate of drug-likeness (QED) is 0.847. The molecule has 3 rings (SSSR count). The van der Waals surface area contributed by atoms with Crippen LogP contribution in [0.15, 0.2) is 12.4 Å². The van der Waals surface area contributed by atoms with Crippen LogP contribution < -0.4 is 4.90 Å². The minimum absolute atomic E-state index is 0.255. The van der Waals surface area contributed by atoms with Crippen molar-refractivity contribution in [3.8, 4) is 6.07 Å². The fourth-order valence-corrected chi connectivity index (χ4v) is 3.02. The Hall–Kier alpha value is -2.95. The van der Waals surface area contributed by atoms with E-state index in [2.05, 4.69) is 24.8 Å². The Morgan fingerprint density at radius 2 is 2.16 bits per heavy atom. The van der Waals surface area contributed by atoms with E-state index in [1.807, 2.05) is 13.0 Å². The van der Waals surface area contributed by atoms with Crippen LogP contribution >= 0.6 is 0 Å². The first-order chi connectivity index (χ1) is 12.1. The van der Waals surface area contributed by atoms with Crippen molar-refractivity contribution in [3.63, 3.8) is 0 Å². The summed E-state index contributed by atoms with van der Waals surface area (Å²) in [6.45, 7) is 5.54. The van der Waals surface area contributed by atoms with Crippen molar-refractivity contribution in [2.45, 2.75) is 32.6 Å². The molecule has 0 atom stereocenters. The van der Waals surface area contributed by atoms with E-state index in [-0.39, 0.29) is 11.9 Å². The maximum Gasteiger partial charge on any atom is 0.358 e. The van der Waals surface area contributed by atoms with E-state index >= 15 is 0 Å². The first-order valence-electron chi connectivity index (χ1n) is 8.33. The molecule has 0 aliphatic carbocycles. The Morgan fingerprint density at radius 1 is 1.40 bits per heavy atom. The predicted octanol–water partition coefficient (Wildman–Crippen LogP) is 1.94. The number of nitrogens with one attached hydrogen (secondary N) is 1. The Balaban J connectivity index is 1.67. The molecule has 0 amide bonds. The monoisotopic (exact) mass is 340 g/mol. The first-order valence-corrected chi connectivity index (χ1v) is 8.33. The second-order valence-electron chi connectivity index (χ2n) is 5.95. The fourth-order valence-electron chi connectivity index (χ4n) is 3.02. The van der Waals surface area contributed by atoms with Crippen molar-refractivity contribution in [1.82, 2.24) is 19.9 Å². The predicted molar refractivity (Wildman–Crippen MR) is 90.2 cm³/mol. The zero-order chi connectivity index (χ0) is 17.8. The van der Waals surface area contributed by atoms with Crippen molar-refractivity contribution in [1.29, 1.82) is 5.26 Å². The molecule has 0 bridgehead atoms. The number of ether oxygens (including phenoxy) is 1. The number of nitrogens with zero attached hydrogens (tertiary/aromatic N) is 5. The van der Waals surface area contributed by atoms with Gasteiger partial charge < -0.3 is 14.6 Å². The molecule has 25 heavy (non-hydrogen) atoms. The van der Waals surface area contributed by atoms with Crippen LogP contribution in [-0.4, -0.2) is 45.6 Å². The molecule has 3 heterocycles. The summed E-state index contributed by atoms with van der Waals surface area (Å²) >= 11 is 0. The second-order valence-corrected chi connectivity index (χ2v) is 5.95. The van der Waals surface area contributed by atoms with Crippen LogP contribution in [0.1, 0.15) is 53.4 Å². The number of hydrogen-bond donors (Lipinski definition) is 1. The first kappa shape index (κ1) is 16.9. The highest BCUT2D eigenvalue weighted by Crippen LogP contribution is 2.28. The number of aromatic amines is 1. The van der Waals surface area contributed by atoms with E-state index in [0.29, 0.717) is 18.0 Å². The number of aromatic nitrogens is 4. The molecule has 0 saturated carbocycles. The largest absolute Gasteiger partial charge is 0.461 e. The molecule has 1 N–H and O–H groups in total. The Morgan fingerprint density at radius 3 is 2.84 bits per heavy atom. The molecule has 2 aromatic heterocycles. The number of piperidine rings is 1. The fraction of sp³-hybridized carbons (Fsp3) is 0.471. The van der Waals surface area contributed by atoms with Crippen molar-refractivity contribution >= 4 is 11.8 Å². The van der Waals surface area contributed by atoms with E-state index in [1.54, 1.807) is 13.1 Å². The van der Waals surface area contributed by atoms with Crippen LogP contribution in [-0.2, 0) is 4.74 Å². The highest BCUT2D eigenvalue weighted by Gasteiger charge is 2.26. The smallest absolute Gasteiger partial charge is 0.358 e. The Kier molecular flexibility index (Phi) is 4.93. The van der Waals surface area contributed by atoms with Gasteiger partial charge in [0.2, 0.25) is 0 Å². The molecule has 8 heteroatoms. The Labute approximate surface area is 145 Å².